The summed E-state index contributed by atoms with van der Waals surface area (Å²) in [4.78, 5) is 0. The molecule has 0 aliphatic rings. The molecule has 0 fully saturated rings. The number of alkyl halides is 5. The lowest BCUT2D eigenvalue weighted by Crippen LogP contribution is -2.14. The first-order valence-electron chi connectivity index (χ1n) is 2.28. The zero-order valence-electron chi connectivity index (χ0n) is 5.78. The third kappa shape index (κ3) is 18.1. The smallest absolute Gasteiger partial charge is 0.260 e. The lowest BCUT2D eigenvalue weighted by molar-refractivity contribution is 0.153. The van der Waals surface area contributed by atoms with Crippen LogP contribution in [-0.4, -0.2) is 26.9 Å². The van der Waals surface area contributed by atoms with E-state index in [9.17, 15) is 13.0 Å². The van der Waals surface area contributed by atoms with Crippen molar-refractivity contribution >= 4 is 45.6 Å². The zero-order valence-corrected chi connectivity index (χ0v) is 8.87. The highest BCUT2D eigenvalue weighted by Gasteiger charge is 2.32. The second-order valence-corrected chi connectivity index (χ2v) is 5.44. The molecule has 0 aliphatic carbocycles. The second kappa shape index (κ2) is 6.40. The van der Waals surface area contributed by atoms with Crippen molar-refractivity contribution in [3.05, 3.63) is 0 Å². The SMILES string of the molecule is CS(C)=O.FC(F)C(Cl)(Cl)Cl. The Morgan fingerprint density at radius 2 is 1.36 bits per heavy atom. The van der Waals surface area contributed by atoms with Gasteiger partial charge in [0.25, 0.3) is 10.2 Å². The molecule has 0 heterocycles. The van der Waals surface area contributed by atoms with Crippen LogP contribution in [-0.2, 0) is 10.8 Å². The van der Waals surface area contributed by atoms with Crippen LogP contribution in [0.4, 0.5) is 8.78 Å². The molecule has 70 valence electrons. The molecule has 0 aromatic heterocycles. The molecule has 0 N–H and O–H groups in total. The van der Waals surface area contributed by atoms with Crippen LogP contribution in [0.1, 0.15) is 0 Å². The maximum atomic E-state index is 11.1. The van der Waals surface area contributed by atoms with Gasteiger partial charge in [-0.2, -0.15) is 0 Å². The molecule has 0 unspecified atom stereocenters. The monoisotopic (exact) mass is 246 g/mol. The summed E-state index contributed by atoms with van der Waals surface area (Å²) in [6.07, 6.45) is 0.373. The Hall–Kier alpha value is 0.880. The van der Waals surface area contributed by atoms with Gasteiger partial charge in [0.05, 0.1) is 0 Å². The van der Waals surface area contributed by atoms with Crippen molar-refractivity contribution in [2.45, 2.75) is 10.2 Å². The molecular formula is C4H7Cl3F2OS. The summed E-state index contributed by atoms with van der Waals surface area (Å²) in [5, 5.41) is 0. The molecule has 0 bridgehead atoms. The van der Waals surface area contributed by atoms with Gasteiger partial charge in [-0.1, -0.05) is 34.8 Å². The third-order valence-corrected chi connectivity index (χ3v) is 0.742. The van der Waals surface area contributed by atoms with E-state index in [0.29, 0.717) is 0 Å². The first-order chi connectivity index (χ1) is 4.68. The Labute approximate surface area is 81.5 Å². The fourth-order valence-corrected chi connectivity index (χ4v) is 0. The minimum atomic E-state index is -2.91. The molecule has 0 saturated carbocycles. The largest absolute Gasteiger partial charge is 0.284 e. The summed E-state index contributed by atoms with van der Waals surface area (Å²) in [7, 11) is -0.611. The molecule has 0 radical (unpaired) electrons. The van der Waals surface area contributed by atoms with E-state index in [4.69, 9.17) is 0 Å². The highest BCUT2D eigenvalue weighted by atomic mass is 35.6. The van der Waals surface area contributed by atoms with Crippen LogP contribution >= 0.6 is 34.8 Å². The van der Waals surface area contributed by atoms with Crippen LogP contribution in [0.5, 0.6) is 0 Å². The molecule has 1 nitrogen and oxygen atoms in total. The van der Waals surface area contributed by atoms with Gasteiger partial charge in [-0.25, -0.2) is 8.78 Å². The van der Waals surface area contributed by atoms with Gasteiger partial charge >= 0.3 is 0 Å². The Balaban J connectivity index is 0. The maximum Gasteiger partial charge on any atom is 0.284 e. The van der Waals surface area contributed by atoms with E-state index in [1.54, 1.807) is 12.5 Å². The van der Waals surface area contributed by atoms with Crippen molar-refractivity contribution in [1.29, 1.82) is 0 Å². The van der Waals surface area contributed by atoms with Crippen LogP contribution in [0.2, 0.25) is 0 Å². The van der Waals surface area contributed by atoms with Crippen molar-refractivity contribution in [2.75, 3.05) is 12.5 Å². The van der Waals surface area contributed by atoms with Crippen LogP contribution in [0.15, 0.2) is 0 Å². The van der Waals surface area contributed by atoms with Crippen LogP contribution in [0.25, 0.3) is 0 Å². The van der Waals surface area contributed by atoms with Gasteiger partial charge < -0.3 is 0 Å². The zero-order chi connectivity index (χ0) is 9.65. The van der Waals surface area contributed by atoms with Crippen molar-refractivity contribution < 1.29 is 13.0 Å². The van der Waals surface area contributed by atoms with Crippen molar-refractivity contribution in [1.82, 2.24) is 0 Å². The molecule has 11 heavy (non-hydrogen) atoms. The molecule has 0 saturated heterocycles. The molecule has 0 amide bonds. The van der Waals surface area contributed by atoms with Gasteiger partial charge in [-0.05, 0) is 0 Å². The lowest BCUT2D eigenvalue weighted by atomic mass is 10.8. The second-order valence-electron chi connectivity index (χ2n) is 1.58. The normalized spacial score (nSPS) is 11.4. The predicted molar refractivity (Wildman–Crippen MR) is 46.3 cm³/mol. The number of rotatable bonds is 0. The highest BCUT2D eigenvalue weighted by Crippen LogP contribution is 2.32. The average molecular weight is 248 g/mol. The first kappa shape index (κ1) is 14.4. The third-order valence-electron chi connectivity index (χ3n) is 0.247. The van der Waals surface area contributed by atoms with E-state index in [1.165, 1.54) is 0 Å². The summed E-state index contributed by atoms with van der Waals surface area (Å²) in [5.74, 6) is 0. The van der Waals surface area contributed by atoms with E-state index in [0.717, 1.165) is 0 Å². The average Bonchev–Trinajstić information content (AvgIpc) is 1.59. The fourth-order valence-electron chi connectivity index (χ4n) is 0. The van der Waals surface area contributed by atoms with Gasteiger partial charge in [0.1, 0.15) is 0 Å². The topological polar surface area (TPSA) is 17.1 Å². The molecule has 0 atom stereocenters. The van der Waals surface area contributed by atoms with Gasteiger partial charge in [0.15, 0.2) is 0 Å². The predicted octanol–water partition coefficient (Wildman–Crippen LogP) is 2.62. The molecule has 0 rings (SSSR count). The Kier molecular flexibility index (Phi) is 8.38. The first-order valence-corrected chi connectivity index (χ1v) is 5.38. The van der Waals surface area contributed by atoms with Gasteiger partial charge in [-0.3, -0.25) is 4.21 Å². The van der Waals surface area contributed by atoms with E-state index < -0.39 is 21.0 Å². The molecule has 0 aromatic rings. The van der Waals surface area contributed by atoms with Crippen LogP contribution < -0.4 is 0 Å². The Morgan fingerprint density at radius 1 is 1.27 bits per heavy atom. The standard InChI is InChI=1S/C2HCl3F2.C2H6OS/c3-2(4,5)1(6)7;1-4(2)3/h1H;1-2H3. The Bertz CT molecular complexity index is 121. The number of hydrogen-bond acceptors (Lipinski definition) is 1. The van der Waals surface area contributed by atoms with Gasteiger partial charge in [0, 0.05) is 23.3 Å². The highest BCUT2D eigenvalue weighted by molar-refractivity contribution is 7.83. The van der Waals surface area contributed by atoms with Crippen LogP contribution in [0.3, 0.4) is 0 Å². The number of halogens is 5. The molecule has 7 heteroatoms. The summed E-state index contributed by atoms with van der Waals surface area (Å²) in [5.41, 5.74) is 0. The maximum absolute atomic E-state index is 11.1. The summed E-state index contributed by atoms with van der Waals surface area (Å²) in [6, 6.07) is 0. The summed E-state index contributed by atoms with van der Waals surface area (Å²) in [6.45, 7) is 0. The van der Waals surface area contributed by atoms with Gasteiger partial charge in [-0.15, -0.1) is 0 Å². The molecule has 0 aliphatic heterocycles. The Morgan fingerprint density at radius 3 is 1.36 bits per heavy atom. The van der Waals surface area contributed by atoms with Crippen molar-refractivity contribution in [3.63, 3.8) is 0 Å². The minimum Gasteiger partial charge on any atom is -0.260 e. The van der Waals surface area contributed by atoms with Crippen molar-refractivity contribution in [2.24, 2.45) is 0 Å². The fraction of sp³-hybridized carbons (Fsp3) is 1.00. The van der Waals surface area contributed by atoms with Gasteiger partial charge in [0.2, 0.25) is 0 Å². The summed E-state index contributed by atoms with van der Waals surface area (Å²) < 4.78 is 29.4. The van der Waals surface area contributed by atoms with E-state index in [2.05, 4.69) is 34.8 Å². The van der Waals surface area contributed by atoms with E-state index in [-0.39, 0.29) is 0 Å². The van der Waals surface area contributed by atoms with Crippen molar-refractivity contribution in [3.8, 4) is 0 Å². The lowest BCUT2D eigenvalue weighted by Gasteiger charge is -2.06. The molecule has 0 spiro atoms. The minimum absolute atomic E-state index is 0.611. The quantitative estimate of drug-likeness (QED) is 0.602. The van der Waals surface area contributed by atoms with Crippen LogP contribution in [0, 0.1) is 0 Å². The summed E-state index contributed by atoms with van der Waals surface area (Å²) >= 11 is 13.9. The molecule has 0 aromatic carbocycles. The van der Waals surface area contributed by atoms with E-state index >= 15 is 0 Å². The number of hydrogen-bond donors (Lipinski definition) is 0. The molecular weight excluding hydrogens is 240 g/mol. The van der Waals surface area contributed by atoms with E-state index in [1.807, 2.05) is 0 Å².